The van der Waals surface area contributed by atoms with Gasteiger partial charge in [0.05, 0.1) is 0 Å². The number of rotatable bonds is 7. The molecule has 1 spiro atoms. The van der Waals surface area contributed by atoms with E-state index in [1.54, 1.807) is 0 Å². The lowest BCUT2D eigenvalue weighted by Gasteiger charge is -2.49. The molecule has 0 bridgehead atoms. The van der Waals surface area contributed by atoms with Gasteiger partial charge in [0, 0.05) is 66.7 Å². The number of hydrogen-bond donors (Lipinski definition) is 1. The lowest BCUT2D eigenvalue weighted by Crippen LogP contribution is -2.62. The smallest absolute Gasteiger partial charge is 0.430 e. The van der Waals surface area contributed by atoms with Crippen molar-refractivity contribution < 1.29 is 37.0 Å². The van der Waals surface area contributed by atoms with E-state index in [9.17, 15) is 22.8 Å². The highest BCUT2D eigenvalue weighted by Crippen LogP contribution is 2.48. The zero-order valence-corrected chi connectivity index (χ0v) is 24.6. The van der Waals surface area contributed by atoms with Crippen molar-refractivity contribution in [3.63, 3.8) is 0 Å². The lowest BCUT2D eigenvalue weighted by atomic mass is 9.74. The van der Waals surface area contributed by atoms with E-state index in [4.69, 9.17) is 37.4 Å². The second-order valence-electron chi connectivity index (χ2n) is 10.5. The lowest BCUT2D eigenvalue weighted by molar-refractivity contribution is -0.271. The molecule has 228 valence electrons. The van der Waals surface area contributed by atoms with Crippen LogP contribution in [0.2, 0.25) is 10.0 Å². The minimum atomic E-state index is -5.14. The summed E-state index contributed by atoms with van der Waals surface area (Å²) in [6.45, 7) is 0.303. The molecule has 2 heterocycles. The molecular weight excluding hydrogens is 608 g/mol. The number of nitrogens with one attached hydrogen (secondary N) is 1. The maximum atomic E-state index is 14.7. The zero-order chi connectivity index (χ0) is 30.8. The Labute approximate surface area is 256 Å². The highest BCUT2D eigenvalue weighted by molar-refractivity contribution is 6.34. The molecule has 1 N–H and O–H groups in total. The van der Waals surface area contributed by atoms with Gasteiger partial charge in [-0.3, -0.25) is 4.79 Å². The minimum absolute atomic E-state index is 0.0730. The molecule has 3 aromatic carbocycles. The third kappa shape index (κ3) is 6.01. The van der Waals surface area contributed by atoms with Crippen LogP contribution in [-0.2, 0) is 26.5 Å². The summed E-state index contributed by atoms with van der Waals surface area (Å²) in [4.78, 5) is 27.3. The van der Waals surface area contributed by atoms with E-state index < -0.39 is 40.9 Å². The molecule has 12 heteroatoms. The number of para-hydroxylation sites is 1. The standard InChI is InChI=1S/C31H29Cl2F3N2O5/c1-41-30(31(34,35)36,21-15-22(32)17-23(33)16-21)27(39)38-13-11-29(12-14-38)25(18-37-28(40)43-29)24-9-5-6-10-26(24)42-19-20-7-3-2-4-8-20/h2-10,15-17,25H,11-14,18-19H2,1H3,(H,37,40)/t25-,30-/m0/s1. The van der Waals surface area contributed by atoms with Crippen LogP contribution in [0.5, 0.6) is 5.75 Å². The van der Waals surface area contributed by atoms with Gasteiger partial charge in [0.2, 0.25) is 0 Å². The number of benzene rings is 3. The summed E-state index contributed by atoms with van der Waals surface area (Å²) in [5, 5.41) is 2.59. The van der Waals surface area contributed by atoms with Gasteiger partial charge in [0.1, 0.15) is 18.0 Å². The Morgan fingerprint density at radius 1 is 1.02 bits per heavy atom. The first kappa shape index (κ1) is 31.0. The van der Waals surface area contributed by atoms with Crippen molar-refractivity contribution in [3.05, 3.63) is 99.5 Å². The first-order chi connectivity index (χ1) is 20.5. The van der Waals surface area contributed by atoms with Gasteiger partial charge in [0.25, 0.3) is 11.5 Å². The molecule has 7 nitrogen and oxygen atoms in total. The highest BCUT2D eigenvalue weighted by atomic mass is 35.5. The fourth-order valence-corrected chi connectivity index (χ4v) is 6.47. The molecule has 0 radical (unpaired) electrons. The van der Waals surface area contributed by atoms with Crippen LogP contribution < -0.4 is 10.1 Å². The summed E-state index contributed by atoms with van der Waals surface area (Å²) in [6.07, 6.45) is -5.58. The third-order valence-electron chi connectivity index (χ3n) is 8.09. The minimum Gasteiger partial charge on any atom is -0.489 e. The van der Waals surface area contributed by atoms with Crippen molar-refractivity contribution in [3.8, 4) is 5.75 Å². The number of amides is 2. The number of alkyl carbamates (subject to hydrolysis) is 1. The molecular formula is C31H29Cl2F3N2O5. The van der Waals surface area contributed by atoms with Gasteiger partial charge >= 0.3 is 12.3 Å². The van der Waals surface area contributed by atoms with Gasteiger partial charge in [-0.05, 0) is 29.8 Å². The Morgan fingerprint density at radius 2 is 1.65 bits per heavy atom. The van der Waals surface area contributed by atoms with Crippen LogP contribution in [0.3, 0.4) is 0 Å². The average molecular weight is 637 g/mol. The molecule has 2 aliphatic rings. The fraction of sp³-hybridized carbons (Fsp3) is 0.355. The maximum absolute atomic E-state index is 14.7. The molecule has 0 aromatic heterocycles. The first-order valence-corrected chi connectivity index (χ1v) is 14.3. The number of likely N-dealkylation sites (tertiary alicyclic amines) is 1. The van der Waals surface area contributed by atoms with Crippen LogP contribution in [0.15, 0.2) is 72.8 Å². The molecule has 43 heavy (non-hydrogen) atoms. The molecule has 2 fully saturated rings. The largest absolute Gasteiger partial charge is 0.489 e. The normalized spacial score (nSPS) is 19.7. The molecule has 0 unspecified atom stereocenters. The quantitative estimate of drug-likeness (QED) is 0.307. The van der Waals surface area contributed by atoms with E-state index in [0.29, 0.717) is 12.4 Å². The number of halogens is 5. The van der Waals surface area contributed by atoms with Gasteiger partial charge in [-0.15, -0.1) is 0 Å². The Balaban J connectivity index is 1.42. The average Bonchev–Trinajstić information content (AvgIpc) is 2.97. The van der Waals surface area contributed by atoms with E-state index in [1.165, 1.54) is 6.07 Å². The van der Waals surface area contributed by atoms with Gasteiger partial charge < -0.3 is 24.4 Å². The molecule has 2 atom stereocenters. The summed E-state index contributed by atoms with van der Waals surface area (Å²) in [6, 6.07) is 20.3. The first-order valence-electron chi connectivity index (χ1n) is 13.6. The van der Waals surface area contributed by atoms with E-state index in [-0.39, 0.29) is 42.5 Å². The fourth-order valence-electron chi connectivity index (χ4n) is 5.94. The monoisotopic (exact) mass is 636 g/mol. The van der Waals surface area contributed by atoms with Crippen LogP contribution in [0, 0.1) is 0 Å². The van der Waals surface area contributed by atoms with Crippen LogP contribution in [0.4, 0.5) is 18.0 Å². The SMILES string of the molecule is CO[C@](C(=O)N1CCC2(CC1)OC(=O)NC[C@H]2c1ccccc1OCc1ccccc1)(c1cc(Cl)cc(Cl)c1)C(F)(F)F. The van der Waals surface area contributed by atoms with Crippen molar-refractivity contribution in [2.24, 2.45) is 0 Å². The summed E-state index contributed by atoms with van der Waals surface area (Å²) >= 11 is 12.0. The number of alkyl halides is 3. The van der Waals surface area contributed by atoms with E-state index in [1.807, 2.05) is 54.6 Å². The predicted molar refractivity (Wildman–Crippen MR) is 154 cm³/mol. The van der Waals surface area contributed by atoms with Gasteiger partial charge in [-0.1, -0.05) is 71.7 Å². The second-order valence-corrected chi connectivity index (χ2v) is 11.4. The van der Waals surface area contributed by atoms with Crippen molar-refractivity contribution in [2.75, 3.05) is 26.7 Å². The molecule has 2 amide bonds. The summed E-state index contributed by atoms with van der Waals surface area (Å²) < 4.78 is 61.2. The second kappa shape index (κ2) is 12.3. The van der Waals surface area contributed by atoms with Crippen LogP contribution >= 0.6 is 23.2 Å². The number of piperidine rings is 1. The number of methoxy groups -OCH3 is 1. The maximum Gasteiger partial charge on any atom is 0.430 e. The molecule has 2 saturated heterocycles. The van der Waals surface area contributed by atoms with Crippen LogP contribution in [-0.4, -0.2) is 55.4 Å². The zero-order valence-electron chi connectivity index (χ0n) is 23.1. The molecule has 2 aliphatic heterocycles. The topological polar surface area (TPSA) is 77.1 Å². The molecule has 5 rings (SSSR count). The molecule has 0 saturated carbocycles. The third-order valence-corrected chi connectivity index (χ3v) is 8.52. The van der Waals surface area contributed by atoms with Gasteiger partial charge in [0.15, 0.2) is 0 Å². The van der Waals surface area contributed by atoms with Crippen LogP contribution in [0.25, 0.3) is 0 Å². The van der Waals surface area contributed by atoms with Gasteiger partial charge in [-0.2, -0.15) is 13.2 Å². The summed E-state index contributed by atoms with van der Waals surface area (Å²) in [7, 11) is 0.822. The van der Waals surface area contributed by atoms with E-state index in [2.05, 4.69) is 5.32 Å². The highest BCUT2D eigenvalue weighted by Gasteiger charge is 2.64. The molecule has 0 aliphatic carbocycles. The number of nitrogens with zero attached hydrogens (tertiary/aromatic N) is 1. The Morgan fingerprint density at radius 3 is 2.28 bits per heavy atom. The summed E-state index contributed by atoms with van der Waals surface area (Å²) in [5.41, 5.74) is -3.19. The number of hydrogen-bond acceptors (Lipinski definition) is 5. The van der Waals surface area contributed by atoms with Crippen molar-refractivity contribution in [2.45, 2.75) is 42.7 Å². The number of ether oxygens (including phenoxy) is 3. The Bertz CT molecular complexity index is 1460. The number of carbonyl (C=O) groups excluding carboxylic acids is 2. The number of carbonyl (C=O) groups is 2. The van der Waals surface area contributed by atoms with Crippen LogP contribution in [0.1, 0.15) is 35.4 Å². The van der Waals surface area contributed by atoms with E-state index >= 15 is 0 Å². The Kier molecular flexibility index (Phi) is 8.83. The summed E-state index contributed by atoms with van der Waals surface area (Å²) in [5.74, 6) is -1.10. The van der Waals surface area contributed by atoms with E-state index in [0.717, 1.165) is 35.3 Å². The Hall–Kier alpha value is -3.47. The van der Waals surface area contributed by atoms with Crippen molar-refractivity contribution in [1.29, 1.82) is 0 Å². The van der Waals surface area contributed by atoms with Crippen molar-refractivity contribution in [1.82, 2.24) is 10.2 Å². The molecule has 3 aromatic rings. The van der Waals surface area contributed by atoms with Gasteiger partial charge in [-0.25, -0.2) is 4.79 Å². The van der Waals surface area contributed by atoms with Crippen molar-refractivity contribution >= 4 is 35.2 Å². The predicted octanol–water partition coefficient (Wildman–Crippen LogP) is 6.86.